The number of nitrogens with two attached hydrogens (primary N) is 1. The summed E-state index contributed by atoms with van der Waals surface area (Å²) in [7, 11) is 4.05. The van der Waals surface area contributed by atoms with Gasteiger partial charge in [0, 0.05) is 33.1 Å². The molecule has 0 aromatic carbocycles. The van der Waals surface area contributed by atoms with Gasteiger partial charge in [0.1, 0.15) is 0 Å². The number of rotatable bonds is 8. The number of carbonyl (C=O) groups is 1. The predicted octanol–water partition coefficient (Wildman–Crippen LogP) is 1.55. The number of fused-ring (bicyclic) bond motifs is 2. The minimum Gasteiger partial charge on any atom is -0.346 e. The lowest BCUT2D eigenvalue weighted by atomic mass is 9.88. The molecule has 2 aliphatic carbocycles. The summed E-state index contributed by atoms with van der Waals surface area (Å²) in [6, 6.07) is 0. The highest BCUT2D eigenvalue weighted by atomic mass is 16.2. The van der Waals surface area contributed by atoms with Gasteiger partial charge in [-0.05, 0) is 57.0 Å². The Labute approximate surface area is 123 Å². The minimum atomic E-state index is 0.248. The summed E-state index contributed by atoms with van der Waals surface area (Å²) in [5.74, 6) is 3.13. The van der Waals surface area contributed by atoms with Gasteiger partial charge >= 0.3 is 0 Å². The highest BCUT2D eigenvalue weighted by Crippen LogP contribution is 2.48. The molecule has 0 aliphatic heterocycles. The van der Waals surface area contributed by atoms with Crippen LogP contribution in [0.15, 0.2) is 0 Å². The smallest absolute Gasteiger partial charge is 0.223 e. The molecule has 2 aliphatic rings. The van der Waals surface area contributed by atoms with Crippen molar-refractivity contribution in [2.75, 3.05) is 40.3 Å². The zero-order valence-corrected chi connectivity index (χ0v) is 13.2. The molecule has 1 amide bonds. The van der Waals surface area contributed by atoms with Crippen molar-refractivity contribution in [3.63, 3.8) is 0 Å². The molecule has 0 saturated heterocycles. The molecule has 0 heterocycles. The van der Waals surface area contributed by atoms with Gasteiger partial charge in [0.05, 0.1) is 0 Å². The summed E-state index contributed by atoms with van der Waals surface area (Å²) in [5.41, 5.74) is 5.47. The maximum absolute atomic E-state index is 12.0. The normalized spacial score (nSPS) is 28.3. The average molecular weight is 281 g/mol. The molecule has 2 N–H and O–H groups in total. The fraction of sp³-hybridized carbons (Fsp3) is 0.938. The van der Waals surface area contributed by atoms with Crippen LogP contribution in [-0.4, -0.2) is 56.0 Å². The van der Waals surface area contributed by atoms with E-state index in [1.165, 1.54) is 32.2 Å². The Bertz CT molecular complexity index is 321. The van der Waals surface area contributed by atoms with Crippen LogP contribution in [0.5, 0.6) is 0 Å². The molecule has 0 aromatic rings. The van der Waals surface area contributed by atoms with Gasteiger partial charge in [-0.15, -0.1) is 0 Å². The number of nitrogens with zero attached hydrogens (tertiary/aromatic N) is 2. The maximum Gasteiger partial charge on any atom is 0.223 e. The Morgan fingerprint density at radius 1 is 1.20 bits per heavy atom. The van der Waals surface area contributed by atoms with Crippen LogP contribution >= 0.6 is 0 Å². The molecule has 2 bridgehead atoms. The number of carbonyl (C=O) groups excluding carboxylic acids is 1. The first-order chi connectivity index (χ1) is 9.60. The van der Waals surface area contributed by atoms with Crippen molar-refractivity contribution in [3.05, 3.63) is 0 Å². The van der Waals surface area contributed by atoms with Crippen LogP contribution in [0.1, 0.15) is 38.5 Å². The monoisotopic (exact) mass is 281 g/mol. The second-order valence-corrected chi connectivity index (χ2v) is 6.90. The number of hydrogen-bond donors (Lipinski definition) is 1. The lowest BCUT2D eigenvalue weighted by molar-refractivity contribution is -0.130. The molecule has 0 spiro atoms. The highest BCUT2D eigenvalue weighted by Gasteiger charge is 2.39. The van der Waals surface area contributed by atoms with Crippen LogP contribution in [0.3, 0.4) is 0 Å². The van der Waals surface area contributed by atoms with E-state index in [2.05, 4.69) is 11.9 Å². The Kier molecular flexibility index (Phi) is 5.85. The molecule has 0 aromatic heterocycles. The third-order valence-corrected chi connectivity index (χ3v) is 5.26. The van der Waals surface area contributed by atoms with Crippen molar-refractivity contribution in [2.45, 2.75) is 38.5 Å². The standard InChI is InChI=1S/C16H31N3O/c1-18(9-6-16(20)19(2)8-3-7-17)12-15-11-13-4-5-14(15)10-13/h13-15H,3-12,17H2,1-2H3. The third-order valence-electron chi connectivity index (χ3n) is 5.26. The molecule has 0 radical (unpaired) electrons. The van der Waals surface area contributed by atoms with Crippen molar-refractivity contribution >= 4 is 5.91 Å². The van der Waals surface area contributed by atoms with Gasteiger partial charge < -0.3 is 15.5 Å². The van der Waals surface area contributed by atoms with Gasteiger partial charge in [0.25, 0.3) is 0 Å². The highest BCUT2D eigenvalue weighted by molar-refractivity contribution is 5.76. The van der Waals surface area contributed by atoms with Gasteiger partial charge in [-0.25, -0.2) is 0 Å². The molecule has 3 atom stereocenters. The molecule has 116 valence electrons. The molecule has 2 rings (SSSR count). The van der Waals surface area contributed by atoms with Crippen molar-refractivity contribution < 1.29 is 4.79 Å². The fourth-order valence-corrected chi connectivity index (χ4v) is 4.02. The van der Waals surface area contributed by atoms with Gasteiger partial charge in [0.2, 0.25) is 5.91 Å². The van der Waals surface area contributed by atoms with Gasteiger partial charge in [-0.3, -0.25) is 4.79 Å². The van der Waals surface area contributed by atoms with Crippen LogP contribution < -0.4 is 5.73 Å². The first kappa shape index (κ1) is 15.8. The molecule has 4 heteroatoms. The van der Waals surface area contributed by atoms with Gasteiger partial charge in [-0.1, -0.05) is 6.42 Å². The van der Waals surface area contributed by atoms with E-state index in [9.17, 15) is 4.79 Å². The van der Waals surface area contributed by atoms with Crippen LogP contribution in [0, 0.1) is 17.8 Å². The first-order valence-corrected chi connectivity index (χ1v) is 8.22. The number of hydrogen-bond acceptors (Lipinski definition) is 3. The lowest BCUT2D eigenvalue weighted by Gasteiger charge is -2.27. The van der Waals surface area contributed by atoms with Crippen molar-refractivity contribution in [3.8, 4) is 0 Å². The molecule has 2 fully saturated rings. The molecule has 2 saturated carbocycles. The second-order valence-electron chi connectivity index (χ2n) is 6.90. The molecule has 20 heavy (non-hydrogen) atoms. The summed E-state index contributed by atoms with van der Waals surface area (Å²) in [6.07, 6.45) is 7.35. The summed E-state index contributed by atoms with van der Waals surface area (Å²) in [4.78, 5) is 16.2. The maximum atomic E-state index is 12.0. The van der Waals surface area contributed by atoms with E-state index in [-0.39, 0.29) is 5.91 Å². The van der Waals surface area contributed by atoms with Crippen molar-refractivity contribution in [2.24, 2.45) is 23.5 Å². The van der Waals surface area contributed by atoms with Crippen LogP contribution in [0.2, 0.25) is 0 Å². The van der Waals surface area contributed by atoms with Gasteiger partial charge in [0.15, 0.2) is 0 Å². The fourth-order valence-electron chi connectivity index (χ4n) is 4.02. The predicted molar refractivity (Wildman–Crippen MR) is 82.4 cm³/mol. The summed E-state index contributed by atoms with van der Waals surface area (Å²) >= 11 is 0. The Morgan fingerprint density at radius 2 is 2.00 bits per heavy atom. The van der Waals surface area contributed by atoms with E-state index >= 15 is 0 Å². The van der Waals surface area contributed by atoms with E-state index in [0.29, 0.717) is 13.0 Å². The zero-order valence-electron chi connectivity index (χ0n) is 13.2. The third kappa shape index (κ3) is 4.19. The SMILES string of the molecule is CN(CCC(=O)N(C)CCCN)CC1CC2CCC1C2. The topological polar surface area (TPSA) is 49.6 Å². The minimum absolute atomic E-state index is 0.248. The van der Waals surface area contributed by atoms with Crippen LogP contribution in [0.4, 0.5) is 0 Å². The van der Waals surface area contributed by atoms with Crippen LogP contribution in [0.25, 0.3) is 0 Å². The van der Waals surface area contributed by atoms with E-state index < -0.39 is 0 Å². The average Bonchev–Trinajstić information content (AvgIpc) is 3.04. The number of amides is 1. The lowest BCUT2D eigenvalue weighted by Crippen LogP contribution is -2.34. The van der Waals surface area contributed by atoms with E-state index in [1.807, 2.05) is 11.9 Å². The molecule has 4 nitrogen and oxygen atoms in total. The Balaban J connectivity index is 1.62. The van der Waals surface area contributed by atoms with Crippen LogP contribution in [-0.2, 0) is 4.79 Å². The molecular formula is C16H31N3O. The summed E-state index contributed by atoms with van der Waals surface area (Å²) in [6.45, 7) is 3.51. The van der Waals surface area contributed by atoms with Crippen molar-refractivity contribution in [1.29, 1.82) is 0 Å². The second kappa shape index (κ2) is 7.41. The first-order valence-electron chi connectivity index (χ1n) is 8.22. The largest absolute Gasteiger partial charge is 0.346 e. The van der Waals surface area contributed by atoms with E-state index in [1.54, 1.807) is 0 Å². The van der Waals surface area contributed by atoms with E-state index in [4.69, 9.17) is 5.73 Å². The quantitative estimate of drug-likeness (QED) is 0.734. The Morgan fingerprint density at radius 3 is 2.60 bits per heavy atom. The Hall–Kier alpha value is -0.610. The van der Waals surface area contributed by atoms with Crippen molar-refractivity contribution in [1.82, 2.24) is 9.80 Å². The zero-order chi connectivity index (χ0) is 14.5. The summed E-state index contributed by atoms with van der Waals surface area (Å²) < 4.78 is 0. The molecule has 3 unspecified atom stereocenters. The summed E-state index contributed by atoms with van der Waals surface area (Å²) in [5, 5.41) is 0. The molecular weight excluding hydrogens is 250 g/mol. The van der Waals surface area contributed by atoms with E-state index in [0.717, 1.165) is 37.3 Å². The van der Waals surface area contributed by atoms with Gasteiger partial charge in [-0.2, -0.15) is 0 Å².